The van der Waals surface area contributed by atoms with Gasteiger partial charge in [-0.15, -0.1) is 0 Å². The topological polar surface area (TPSA) is 41.5 Å². The molecule has 0 aromatic carbocycles. The Morgan fingerprint density at radius 2 is 2.07 bits per heavy atom. The number of rotatable bonds is 8. The highest BCUT2D eigenvalue weighted by Crippen LogP contribution is 2.18. The Labute approximate surface area is 87.8 Å². The lowest BCUT2D eigenvalue weighted by atomic mass is 9.89. The lowest BCUT2D eigenvalue weighted by Gasteiger charge is -2.26. The fourth-order valence-electron chi connectivity index (χ4n) is 1.21. The molecule has 0 fully saturated rings. The summed E-state index contributed by atoms with van der Waals surface area (Å²) in [6.07, 6.45) is 1.24. The van der Waals surface area contributed by atoms with Crippen LogP contribution in [0.1, 0.15) is 34.1 Å². The Kier molecular flexibility index (Phi) is 7.15. The smallest absolute Gasteiger partial charge is 0.0671 e. The highest BCUT2D eigenvalue weighted by molar-refractivity contribution is 4.74. The molecule has 3 nitrogen and oxygen atoms in total. The molecular formula is C11H25NO2. The molecule has 0 aliphatic rings. The van der Waals surface area contributed by atoms with E-state index in [9.17, 15) is 5.11 Å². The Hall–Kier alpha value is -0.120. The second-order valence-corrected chi connectivity index (χ2v) is 4.22. The quantitative estimate of drug-likeness (QED) is 0.627. The molecule has 2 atom stereocenters. The van der Waals surface area contributed by atoms with E-state index < -0.39 is 0 Å². The Morgan fingerprint density at radius 3 is 2.50 bits per heavy atom. The van der Waals surface area contributed by atoms with Crippen LogP contribution in [-0.2, 0) is 4.74 Å². The average molecular weight is 203 g/mol. The van der Waals surface area contributed by atoms with Crippen LogP contribution in [0.2, 0.25) is 0 Å². The molecule has 0 saturated heterocycles. The second kappa shape index (κ2) is 7.21. The minimum Gasteiger partial charge on any atom is -0.396 e. The number of aliphatic hydroxyl groups excluding tert-OH is 1. The largest absolute Gasteiger partial charge is 0.396 e. The van der Waals surface area contributed by atoms with E-state index in [2.05, 4.69) is 26.1 Å². The van der Waals surface area contributed by atoms with Crippen LogP contribution in [0.5, 0.6) is 0 Å². The molecular weight excluding hydrogens is 178 g/mol. The summed E-state index contributed by atoms with van der Waals surface area (Å²) in [5.41, 5.74) is 0.00589. The van der Waals surface area contributed by atoms with Gasteiger partial charge in [-0.2, -0.15) is 0 Å². The molecule has 2 unspecified atom stereocenters. The van der Waals surface area contributed by atoms with Crippen LogP contribution < -0.4 is 5.32 Å². The third-order valence-electron chi connectivity index (χ3n) is 2.67. The molecule has 3 heteroatoms. The summed E-state index contributed by atoms with van der Waals surface area (Å²) in [6.45, 7) is 10.9. The molecule has 0 spiro atoms. The van der Waals surface area contributed by atoms with Gasteiger partial charge in [-0.05, 0) is 20.3 Å². The maximum Gasteiger partial charge on any atom is 0.0671 e. The summed E-state index contributed by atoms with van der Waals surface area (Å²) in [6, 6.07) is 0. The van der Waals surface area contributed by atoms with Crippen LogP contribution in [0.25, 0.3) is 0 Å². The van der Waals surface area contributed by atoms with Gasteiger partial charge in [0, 0.05) is 31.7 Å². The minimum absolute atomic E-state index is 0.00589. The van der Waals surface area contributed by atoms with E-state index in [0.29, 0.717) is 0 Å². The van der Waals surface area contributed by atoms with E-state index >= 15 is 0 Å². The van der Waals surface area contributed by atoms with Crippen molar-refractivity contribution in [1.82, 2.24) is 5.32 Å². The summed E-state index contributed by atoms with van der Waals surface area (Å²) >= 11 is 0. The highest BCUT2D eigenvalue weighted by atomic mass is 16.5. The molecule has 0 heterocycles. The van der Waals surface area contributed by atoms with Gasteiger partial charge in [0.05, 0.1) is 6.10 Å². The van der Waals surface area contributed by atoms with Crippen molar-refractivity contribution in [3.63, 3.8) is 0 Å². The van der Waals surface area contributed by atoms with Gasteiger partial charge >= 0.3 is 0 Å². The Bertz CT molecular complexity index is 135. The third kappa shape index (κ3) is 5.58. The van der Waals surface area contributed by atoms with Gasteiger partial charge < -0.3 is 15.2 Å². The van der Waals surface area contributed by atoms with Crippen molar-refractivity contribution >= 4 is 0 Å². The van der Waals surface area contributed by atoms with Gasteiger partial charge in [0.15, 0.2) is 0 Å². The molecule has 14 heavy (non-hydrogen) atoms. The monoisotopic (exact) mass is 203 g/mol. The zero-order valence-corrected chi connectivity index (χ0v) is 9.97. The van der Waals surface area contributed by atoms with Gasteiger partial charge in [-0.25, -0.2) is 0 Å². The van der Waals surface area contributed by atoms with Crippen LogP contribution in [0.15, 0.2) is 0 Å². The first-order chi connectivity index (χ1) is 6.58. The van der Waals surface area contributed by atoms with E-state index in [-0.39, 0.29) is 18.1 Å². The number of hydrogen-bond acceptors (Lipinski definition) is 3. The van der Waals surface area contributed by atoms with Crippen molar-refractivity contribution in [3.05, 3.63) is 0 Å². The molecule has 0 aliphatic heterocycles. The van der Waals surface area contributed by atoms with Crippen molar-refractivity contribution in [2.45, 2.75) is 40.2 Å². The van der Waals surface area contributed by atoms with Crippen LogP contribution in [0, 0.1) is 5.41 Å². The van der Waals surface area contributed by atoms with E-state index in [1.165, 1.54) is 0 Å². The van der Waals surface area contributed by atoms with Crippen molar-refractivity contribution in [1.29, 1.82) is 0 Å². The minimum atomic E-state index is 0.00589. The van der Waals surface area contributed by atoms with Gasteiger partial charge in [0.1, 0.15) is 0 Å². The summed E-state index contributed by atoms with van der Waals surface area (Å²) in [5, 5.41) is 12.5. The average Bonchev–Trinajstić information content (AvgIpc) is 2.18. The molecule has 0 aromatic rings. The van der Waals surface area contributed by atoms with Crippen LogP contribution >= 0.6 is 0 Å². The molecule has 86 valence electrons. The molecule has 0 bridgehead atoms. The van der Waals surface area contributed by atoms with Gasteiger partial charge in [-0.1, -0.05) is 13.8 Å². The normalized spacial score (nSPS) is 17.8. The molecule has 0 aliphatic carbocycles. The highest BCUT2D eigenvalue weighted by Gasteiger charge is 2.20. The van der Waals surface area contributed by atoms with Crippen LogP contribution in [-0.4, -0.2) is 37.5 Å². The number of ether oxygens (including phenoxy) is 1. The molecule has 0 rings (SSSR count). The lowest BCUT2D eigenvalue weighted by Crippen LogP contribution is -2.38. The lowest BCUT2D eigenvalue weighted by molar-refractivity contribution is 0.0696. The van der Waals surface area contributed by atoms with Gasteiger partial charge in [0.2, 0.25) is 0 Å². The number of hydrogen-bond donors (Lipinski definition) is 2. The van der Waals surface area contributed by atoms with E-state index in [1.807, 2.05) is 6.92 Å². The van der Waals surface area contributed by atoms with Gasteiger partial charge in [0.25, 0.3) is 0 Å². The van der Waals surface area contributed by atoms with Crippen molar-refractivity contribution in [2.24, 2.45) is 5.41 Å². The predicted molar refractivity (Wildman–Crippen MR) is 59.4 cm³/mol. The molecule has 0 amide bonds. The first-order valence-electron chi connectivity index (χ1n) is 5.51. The summed E-state index contributed by atoms with van der Waals surface area (Å²) in [5.74, 6) is 0. The number of aliphatic hydroxyl groups is 1. The molecule has 2 N–H and O–H groups in total. The molecule has 0 saturated carbocycles. The second-order valence-electron chi connectivity index (χ2n) is 4.22. The fourth-order valence-corrected chi connectivity index (χ4v) is 1.21. The SMILES string of the molecule is CCOC(C)CNCC(C)(CC)CO. The summed E-state index contributed by atoms with van der Waals surface area (Å²) in [4.78, 5) is 0. The first kappa shape index (κ1) is 13.9. The van der Waals surface area contributed by atoms with E-state index in [1.54, 1.807) is 0 Å². The maximum absolute atomic E-state index is 9.18. The summed E-state index contributed by atoms with van der Waals surface area (Å²) in [7, 11) is 0. The van der Waals surface area contributed by atoms with Crippen LogP contribution in [0.4, 0.5) is 0 Å². The predicted octanol–water partition coefficient (Wildman–Crippen LogP) is 1.41. The van der Waals surface area contributed by atoms with Crippen molar-refractivity contribution < 1.29 is 9.84 Å². The Morgan fingerprint density at radius 1 is 1.43 bits per heavy atom. The Balaban J connectivity index is 3.61. The molecule has 0 radical (unpaired) electrons. The zero-order chi connectivity index (χ0) is 11.0. The number of nitrogens with one attached hydrogen (secondary N) is 1. The molecule has 0 aromatic heterocycles. The van der Waals surface area contributed by atoms with Crippen molar-refractivity contribution in [2.75, 3.05) is 26.3 Å². The van der Waals surface area contributed by atoms with E-state index in [4.69, 9.17) is 4.74 Å². The summed E-state index contributed by atoms with van der Waals surface area (Å²) < 4.78 is 5.40. The fraction of sp³-hybridized carbons (Fsp3) is 1.00. The van der Waals surface area contributed by atoms with Gasteiger partial charge in [-0.3, -0.25) is 0 Å². The van der Waals surface area contributed by atoms with Crippen molar-refractivity contribution in [3.8, 4) is 0 Å². The zero-order valence-electron chi connectivity index (χ0n) is 9.97. The van der Waals surface area contributed by atoms with E-state index in [0.717, 1.165) is 26.1 Å². The maximum atomic E-state index is 9.18. The standard InChI is InChI=1S/C11H25NO2/c1-5-11(4,9-13)8-12-7-10(3)14-6-2/h10,12-13H,5-9H2,1-4H3. The first-order valence-corrected chi connectivity index (χ1v) is 5.51. The van der Waals surface area contributed by atoms with Crippen LogP contribution in [0.3, 0.4) is 0 Å². The third-order valence-corrected chi connectivity index (χ3v) is 2.67.